The van der Waals surface area contributed by atoms with Crippen molar-refractivity contribution in [3.8, 4) is 5.00 Å². The molecule has 0 saturated carbocycles. The lowest BCUT2D eigenvalue weighted by molar-refractivity contribution is -0.133. The van der Waals surface area contributed by atoms with E-state index in [-0.39, 0.29) is 23.7 Å². The van der Waals surface area contributed by atoms with Crippen molar-refractivity contribution < 1.29 is 4.79 Å². The highest BCUT2D eigenvalue weighted by atomic mass is 32.1. The number of aromatic nitrogens is 5. The second-order valence-electron chi connectivity index (χ2n) is 7.65. The van der Waals surface area contributed by atoms with E-state index >= 15 is 0 Å². The van der Waals surface area contributed by atoms with Crippen LogP contribution in [0.25, 0.3) is 5.00 Å². The number of carbonyl (C=O) groups excluding carboxylic acids is 1. The molecule has 158 valence electrons. The predicted molar refractivity (Wildman–Crippen MR) is 113 cm³/mol. The summed E-state index contributed by atoms with van der Waals surface area (Å²) in [6.07, 6.45) is 3.78. The van der Waals surface area contributed by atoms with Crippen LogP contribution in [-0.2, 0) is 17.8 Å². The Balaban J connectivity index is 1.37. The second kappa shape index (κ2) is 8.39. The summed E-state index contributed by atoms with van der Waals surface area (Å²) in [5.41, 5.74) is 0.854. The molecule has 1 fully saturated rings. The van der Waals surface area contributed by atoms with E-state index in [2.05, 4.69) is 15.2 Å². The smallest absolute Gasteiger partial charge is 0.341 e. The highest BCUT2D eigenvalue weighted by Gasteiger charge is 2.25. The van der Waals surface area contributed by atoms with Crippen molar-refractivity contribution in [2.45, 2.75) is 39.7 Å². The van der Waals surface area contributed by atoms with Crippen LogP contribution in [0.5, 0.6) is 0 Å². The van der Waals surface area contributed by atoms with E-state index in [9.17, 15) is 14.4 Å². The van der Waals surface area contributed by atoms with Crippen molar-refractivity contribution in [3.05, 3.63) is 61.8 Å². The zero-order chi connectivity index (χ0) is 21.3. The van der Waals surface area contributed by atoms with Crippen LogP contribution in [0.15, 0.2) is 33.4 Å². The highest BCUT2D eigenvalue weighted by molar-refractivity contribution is 7.12. The van der Waals surface area contributed by atoms with Gasteiger partial charge in [0.2, 0.25) is 5.91 Å². The first-order valence-electron chi connectivity index (χ1n) is 9.94. The third-order valence-electron chi connectivity index (χ3n) is 5.73. The van der Waals surface area contributed by atoms with Crippen LogP contribution in [0.2, 0.25) is 0 Å². The van der Waals surface area contributed by atoms with Crippen molar-refractivity contribution in [2.24, 2.45) is 5.92 Å². The van der Waals surface area contributed by atoms with E-state index in [1.165, 1.54) is 22.2 Å². The van der Waals surface area contributed by atoms with Crippen molar-refractivity contribution in [1.82, 2.24) is 29.2 Å². The van der Waals surface area contributed by atoms with Gasteiger partial charge in [-0.3, -0.25) is 14.2 Å². The molecule has 9 nitrogen and oxygen atoms in total. The molecule has 0 spiro atoms. The minimum Gasteiger partial charge on any atom is -0.341 e. The molecule has 3 aromatic rings. The third kappa shape index (κ3) is 4.00. The van der Waals surface area contributed by atoms with Crippen molar-refractivity contribution in [1.29, 1.82) is 0 Å². The predicted octanol–water partition coefficient (Wildman–Crippen LogP) is 1.28. The molecule has 4 heterocycles. The number of carbonyl (C=O) groups is 1. The molecule has 1 N–H and O–H groups in total. The number of nitrogens with zero attached hydrogens (tertiary/aromatic N) is 5. The lowest BCUT2D eigenvalue weighted by Gasteiger charge is -2.32. The zero-order valence-corrected chi connectivity index (χ0v) is 17.8. The standard InChI is InChI=1S/C20H24N6O3S/c1-13-14(2)21-12-25(19(13)28)11-17(27)24-7-5-15(6-8-24)10-16-22-23-20(29)26(16)18-4-3-9-30-18/h3-4,9,12,15H,5-8,10-11H2,1-2H3,(H,23,29). The molecular weight excluding hydrogens is 404 g/mol. The summed E-state index contributed by atoms with van der Waals surface area (Å²) in [7, 11) is 0. The molecule has 1 aliphatic heterocycles. The number of nitrogens with one attached hydrogen (secondary N) is 1. The third-order valence-corrected chi connectivity index (χ3v) is 6.58. The maximum Gasteiger partial charge on any atom is 0.348 e. The van der Waals surface area contributed by atoms with Gasteiger partial charge in [0.1, 0.15) is 17.4 Å². The van der Waals surface area contributed by atoms with E-state index < -0.39 is 0 Å². The molecule has 0 aliphatic carbocycles. The quantitative estimate of drug-likeness (QED) is 0.659. The Bertz CT molecular complexity index is 1150. The first-order valence-corrected chi connectivity index (χ1v) is 10.8. The monoisotopic (exact) mass is 428 g/mol. The summed E-state index contributed by atoms with van der Waals surface area (Å²) in [6.45, 7) is 4.77. The van der Waals surface area contributed by atoms with Crippen molar-refractivity contribution in [3.63, 3.8) is 0 Å². The van der Waals surface area contributed by atoms with E-state index in [4.69, 9.17) is 0 Å². The van der Waals surface area contributed by atoms with Gasteiger partial charge >= 0.3 is 5.69 Å². The number of likely N-dealkylation sites (tertiary alicyclic amines) is 1. The molecule has 1 amide bonds. The Morgan fingerprint density at radius 2 is 2.03 bits per heavy atom. The topological polar surface area (TPSA) is 106 Å². The van der Waals surface area contributed by atoms with Crippen LogP contribution in [0.1, 0.15) is 29.9 Å². The second-order valence-corrected chi connectivity index (χ2v) is 8.57. The van der Waals surface area contributed by atoms with Crippen LogP contribution in [-0.4, -0.2) is 48.2 Å². The van der Waals surface area contributed by atoms with Gasteiger partial charge in [-0.2, -0.15) is 5.10 Å². The number of aryl methyl sites for hydroxylation is 1. The summed E-state index contributed by atoms with van der Waals surface area (Å²) in [6, 6.07) is 3.81. The molecule has 1 aliphatic rings. The number of H-pyrrole nitrogens is 1. The van der Waals surface area contributed by atoms with Crippen LogP contribution < -0.4 is 11.2 Å². The first-order chi connectivity index (χ1) is 14.4. The van der Waals surface area contributed by atoms with Gasteiger partial charge < -0.3 is 4.90 Å². The summed E-state index contributed by atoms with van der Waals surface area (Å²) >= 11 is 1.50. The Hall–Kier alpha value is -3.01. The van der Waals surface area contributed by atoms with Crippen molar-refractivity contribution >= 4 is 17.2 Å². The molecule has 3 aromatic heterocycles. The fraction of sp³-hybridized carbons (Fsp3) is 0.450. The zero-order valence-electron chi connectivity index (χ0n) is 17.0. The first kappa shape index (κ1) is 20.3. The van der Waals surface area contributed by atoms with E-state index in [1.807, 2.05) is 17.5 Å². The summed E-state index contributed by atoms with van der Waals surface area (Å²) in [4.78, 5) is 43.1. The van der Waals surface area contributed by atoms with Crippen molar-refractivity contribution in [2.75, 3.05) is 13.1 Å². The van der Waals surface area contributed by atoms with Gasteiger partial charge in [-0.05, 0) is 50.1 Å². The molecule has 0 bridgehead atoms. The average Bonchev–Trinajstić information content (AvgIpc) is 3.38. The van der Waals surface area contributed by atoms with Crippen LogP contribution in [0.4, 0.5) is 0 Å². The van der Waals surface area contributed by atoms with E-state index in [0.29, 0.717) is 36.7 Å². The summed E-state index contributed by atoms with van der Waals surface area (Å²) in [5, 5.41) is 9.53. The number of thiophene rings is 1. The molecule has 0 atom stereocenters. The number of amides is 1. The molecule has 30 heavy (non-hydrogen) atoms. The van der Waals surface area contributed by atoms with Gasteiger partial charge in [-0.15, -0.1) is 11.3 Å². The van der Waals surface area contributed by atoms with Crippen LogP contribution in [0.3, 0.4) is 0 Å². The van der Waals surface area contributed by atoms with Gasteiger partial charge in [-0.1, -0.05) is 0 Å². The van der Waals surface area contributed by atoms with E-state index in [0.717, 1.165) is 23.7 Å². The number of hydrogen-bond acceptors (Lipinski definition) is 6. The largest absolute Gasteiger partial charge is 0.348 e. The Morgan fingerprint density at radius 1 is 1.27 bits per heavy atom. The SMILES string of the molecule is Cc1ncn(CC(=O)N2CCC(Cc3n[nH]c(=O)n3-c3cccs3)CC2)c(=O)c1C. The molecule has 4 rings (SSSR count). The fourth-order valence-corrected chi connectivity index (χ4v) is 4.52. The molecule has 0 aromatic carbocycles. The Labute approximate surface area is 177 Å². The Morgan fingerprint density at radius 3 is 2.73 bits per heavy atom. The molecular formula is C20H24N6O3S. The van der Waals surface area contributed by atoms with Gasteiger partial charge in [0.05, 0.1) is 6.33 Å². The van der Waals surface area contributed by atoms with Crippen LogP contribution >= 0.6 is 11.3 Å². The van der Waals surface area contributed by atoms with Gasteiger partial charge in [0.25, 0.3) is 5.56 Å². The average molecular weight is 429 g/mol. The number of rotatable bonds is 5. The minimum atomic E-state index is -0.229. The molecule has 0 radical (unpaired) electrons. The van der Waals surface area contributed by atoms with Gasteiger partial charge in [0, 0.05) is 30.8 Å². The summed E-state index contributed by atoms with van der Waals surface area (Å²) in [5.74, 6) is 0.991. The lowest BCUT2D eigenvalue weighted by Crippen LogP contribution is -2.42. The maximum atomic E-state index is 12.7. The number of hydrogen-bond donors (Lipinski definition) is 1. The van der Waals surface area contributed by atoms with Gasteiger partial charge in [-0.25, -0.2) is 19.4 Å². The molecule has 1 saturated heterocycles. The minimum absolute atomic E-state index is 0.00884. The van der Waals surface area contributed by atoms with Gasteiger partial charge in [0.15, 0.2) is 0 Å². The molecule has 0 unspecified atom stereocenters. The maximum absolute atomic E-state index is 12.7. The lowest BCUT2D eigenvalue weighted by atomic mass is 9.93. The Kier molecular flexibility index (Phi) is 5.67. The number of piperidine rings is 1. The highest BCUT2D eigenvalue weighted by Crippen LogP contribution is 2.23. The fourth-order valence-electron chi connectivity index (χ4n) is 3.77. The number of aromatic amines is 1. The van der Waals surface area contributed by atoms with E-state index in [1.54, 1.807) is 23.3 Å². The van der Waals surface area contributed by atoms with Crippen LogP contribution in [0, 0.1) is 19.8 Å². The summed E-state index contributed by atoms with van der Waals surface area (Å²) < 4.78 is 3.00. The molecule has 10 heteroatoms. The normalized spacial score (nSPS) is 14.9.